The van der Waals surface area contributed by atoms with Crippen molar-refractivity contribution in [1.82, 2.24) is 15.0 Å². The Morgan fingerprint density at radius 3 is 2.69 bits per heavy atom. The molecule has 0 bridgehead atoms. The molecule has 1 aliphatic carbocycles. The zero-order valence-electron chi connectivity index (χ0n) is 15.9. The van der Waals surface area contributed by atoms with Crippen molar-refractivity contribution in [3.05, 3.63) is 65.6 Å². The number of rotatable bonds is 5. The topological polar surface area (TPSA) is 105 Å². The summed E-state index contributed by atoms with van der Waals surface area (Å²) in [4.78, 5) is 25.4. The van der Waals surface area contributed by atoms with Gasteiger partial charge in [-0.25, -0.2) is 19.7 Å². The molecule has 0 fully saturated rings. The van der Waals surface area contributed by atoms with E-state index in [4.69, 9.17) is 4.74 Å². The summed E-state index contributed by atoms with van der Waals surface area (Å²) >= 11 is 0. The normalized spacial score (nSPS) is 14.7. The molecule has 150 valence electrons. The summed E-state index contributed by atoms with van der Waals surface area (Å²) in [7, 11) is -3.04. The van der Waals surface area contributed by atoms with Crippen molar-refractivity contribution >= 4 is 33.0 Å². The van der Waals surface area contributed by atoms with Crippen molar-refractivity contribution in [1.29, 1.82) is 0 Å². The molecular formula is C21H21N3O4S. The van der Waals surface area contributed by atoms with Crippen molar-refractivity contribution in [2.45, 2.75) is 31.0 Å². The van der Waals surface area contributed by atoms with Gasteiger partial charge in [-0.3, -0.25) is 9.11 Å². The highest BCUT2D eigenvalue weighted by Gasteiger charge is 2.19. The molecule has 7 nitrogen and oxygen atoms in total. The zero-order valence-corrected chi connectivity index (χ0v) is 16.7. The zero-order chi connectivity index (χ0) is 20.4. The number of hydrogen-bond donors (Lipinski definition) is 2. The van der Waals surface area contributed by atoms with E-state index in [9.17, 15) is 13.9 Å². The maximum atomic E-state index is 12.2. The number of esters is 1. The van der Waals surface area contributed by atoms with Gasteiger partial charge in [0, 0.05) is 17.8 Å². The maximum absolute atomic E-state index is 12.2. The fourth-order valence-corrected chi connectivity index (χ4v) is 3.76. The van der Waals surface area contributed by atoms with Crippen LogP contribution in [0.1, 0.15) is 41.0 Å². The molecule has 0 saturated carbocycles. The highest BCUT2D eigenvalue weighted by atomic mass is 32.3. The lowest BCUT2D eigenvalue weighted by Gasteiger charge is -2.24. The van der Waals surface area contributed by atoms with Crippen LogP contribution in [0.2, 0.25) is 0 Å². The van der Waals surface area contributed by atoms with Gasteiger partial charge in [0.1, 0.15) is 12.1 Å². The third-order valence-corrected chi connectivity index (χ3v) is 5.54. The van der Waals surface area contributed by atoms with Gasteiger partial charge in [-0.15, -0.1) is 10.6 Å². The summed E-state index contributed by atoms with van der Waals surface area (Å²) in [6, 6.07) is 10.6. The van der Waals surface area contributed by atoms with Gasteiger partial charge in [-0.2, -0.15) is 0 Å². The Morgan fingerprint density at radius 1 is 1.21 bits per heavy atom. The highest BCUT2D eigenvalue weighted by Crippen LogP contribution is 2.42. The molecule has 1 aliphatic rings. The molecule has 0 spiro atoms. The Kier molecular flexibility index (Phi) is 5.31. The van der Waals surface area contributed by atoms with Crippen molar-refractivity contribution in [3.8, 4) is 0 Å². The van der Waals surface area contributed by atoms with E-state index in [1.807, 2.05) is 6.07 Å². The van der Waals surface area contributed by atoms with Crippen molar-refractivity contribution in [2.24, 2.45) is 0 Å². The highest BCUT2D eigenvalue weighted by molar-refractivity contribution is 8.23. The van der Waals surface area contributed by atoms with Crippen LogP contribution in [-0.4, -0.2) is 36.3 Å². The minimum Gasteiger partial charge on any atom is -0.456 e. The fraction of sp³-hybridized carbons (Fsp3) is 0.238. The van der Waals surface area contributed by atoms with E-state index in [-0.39, 0.29) is 11.8 Å². The second-order valence-corrected chi connectivity index (χ2v) is 8.98. The van der Waals surface area contributed by atoms with E-state index in [1.54, 1.807) is 36.5 Å². The van der Waals surface area contributed by atoms with Crippen LogP contribution >= 0.6 is 10.6 Å². The van der Waals surface area contributed by atoms with E-state index in [2.05, 4.69) is 21.0 Å². The minimum absolute atomic E-state index is 0.00472. The number of ether oxygens (including phenoxy) is 1. The van der Waals surface area contributed by atoms with E-state index < -0.39 is 16.6 Å². The van der Waals surface area contributed by atoms with Gasteiger partial charge in [0.2, 0.25) is 5.16 Å². The molecule has 29 heavy (non-hydrogen) atoms. The number of carbonyl (C=O) groups is 1. The number of aromatic nitrogens is 3. The number of hydrogen-bond acceptors (Lipinski definition) is 7. The van der Waals surface area contributed by atoms with Gasteiger partial charge < -0.3 is 4.74 Å². The van der Waals surface area contributed by atoms with Crippen molar-refractivity contribution in [2.75, 3.05) is 6.26 Å². The summed E-state index contributed by atoms with van der Waals surface area (Å²) in [5.41, 5.74) is 3.38. The van der Waals surface area contributed by atoms with Gasteiger partial charge in [0.25, 0.3) is 0 Å². The van der Waals surface area contributed by atoms with E-state index in [1.165, 1.54) is 6.26 Å². The molecule has 2 N–H and O–H groups in total. The molecule has 3 aromatic rings. The average Bonchev–Trinajstić information content (AvgIpc) is 3.25. The van der Waals surface area contributed by atoms with E-state index >= 15 is 0 Å². The fourth-order valence-electron chi connectivity index (χ4n) is 3.25. The Bertz CT molecular complexity index is 1090. The molecule has 0 aliphatic heterocycles. The third kappa shape index (κ3) is 4.29. The third-order valence-electron chi connectivity index (χ3n) is 4.65. The molecule has 2 heterocycles. The van der Waals surface area contributed by atoms with Gasteiger partial charge in [-0.05, 0) is 43.0 Å². The minimum atomic E-state index is -3.04. The van der Waals surface area contributed by atoms with Crippen LogP contribution in [-0.2, 0) is 11.3 Å². The summed E-state index contributed by atoms with van der Waals surface area (Å²) in [5, 5.41) is 0.705. The summed E-state index contributed by atoms with van der Waals surface area (Å²) in [5.74, 6) is -0.416. The Labute approximate surface area is 169 Å². The largest absolute Gasteiger partial charge is 0.456 e. The predicted molar refractivity (Wildman–Crippen MR) is 112 cm³/mol. The summed E-state index contributed by atoms with van der Waals surface area (Å²) in [6.45, 7) is 0.0225. The predicted octanol–water partition coefficient (Wildman–Crippen LogP) is 4.69. The Morgan fingerprint density at radius 2 is 2.00 bits per heavy atom. The maximum Gasteiger partial charge on any atom is 0.338 e. The van der Waals surface area contributed by atoms with Crippen LogP contribution in [0.4, 0.5) is 0 Å². The first-order valence-corrected chi connectivity index (χ1v) is 11.2. The smallest absolute Gasteiger partial charge is 0.338 e. The summed E-state index contributed by atoms with van der Waals surface area (Å²) < 4.78 is 25.3. The second kappa shape index (κ2) is 7.90. The molecule has 0 radical (unpaired) electrons. The number of benzene rings is 1. The molecule has 0 saturated heterocycles. The Hall–Kier alpha value is -2.81. The van der Waals surface area contributed by atoms with Crippen LogP contribution in [0.3, 0.4) is 0 Å². The molecule has 0 unspecified atom stereocenters. The molecular weight excluding hydrogens is 390 g/mol. The molecule has 2 aromatic heterocycles. The van der Waals surface area contributed by atoms with Crippen molar-refractivity contribution in [3.63, 3.8) is 0 Å². The van der Waals surface area contributed by atoms with Crippen LogP contribution in [0.25, 0.3) is 16.5 Å². The van der Waals surface area contributed by atoms with Crippen molar-refractivity contribution < 1.29 is 18.6 Å². The SMILES string of the molecule is CS(O)(O)c1ncc2cc(COC(=O)c3ccccc3)nc(C3=CCCC3)c2n1. The second-order valence-electron chi connectivity index (χ2n) is 6.95. The van der Waals surface area contributed by atoms with Gasteiger partial charge in [-0.1, -0.05) is 24.3 Å². The standard InChI is InChI=1S/C21H21N3O4S/c1-29(26,27)21-22-12-16-11-17(13-28-20(25)15-9-3-2-4-10-15)23-18(19(16)24-21)14-7-5-6-8-14/h2-4,7,9-12,26-27H,5-6,8,13H2,1H3. The first-order chi connectivity index (χ1) is 13.9. The first kappa shape index (κ1) is 19.5. The van der Waals surface area contributed by atoms with Gasteiger partial charge >= 0.3 is 5.97 Å². The lowest BCUT2D eigenvalue weighted by atomic mass is 10.1. The van der Waals surface area contributed by atoms with Crippen LogP contribution in [0, 0.1) is 0 Å². The molecule has 1 aromatic carbocycles. The van der Waals surface area contributed by atoms with E-state index in [0.29, 0.717) is 27.9 Å². The number of allylic oxidation sites excluding steroid dienone is 2. The number of fused-ring (bicyclic) bond motifs is 1. The quantitative estimate of drug-likeness (QED) is 0.463. The first-order valence-electron chi connectivity index (χ1n) is 9.23. The number of nitrogens with zero attached hydrogens (tertiary/aromatic N) is 3. The van der Waals surface area contributed by atoms with Crippen LogP contribution < -0.4 is 0 Å². The summed E-state index contributed by atoms with van der Waals surface area (Å²) in [6.07, 6.45) is 7.84. The van der Waals surface area contributed by atoms with Crippen LogP contribution in [0.15, 0.2) is 53.8 Å². The number of pyridine rings is 1. The monoisotopic (exact) mass is 411 g/mol. The van der Waals surface area contributed by atoms with Gasteiger partial charge in [0.05, 0.1) is 17.0 Å². The molecule has 4 rings (SSSR count). The lowest BCUT2D eigenvalue weighted by Crippen LogP contribution is -2.08. The Balaban J connectivity index is 1.69. The lowest BCUT2D eigenvalue weighted by molar-refractivity contribution is 0.0468. The van der Waals surface area contributed by atoms with Gasteiger partial charge in [0.15, 0.2) is 0 Å². The van der Waals surface area contributed by atoms with E-state index in [0.717, 1.165) is 24.8 Å². The molecule has 0 atom stereocenters. The average molecular weight is 411 g/mol. The van der Waals surface area contributed by atoms with Crippen LogP contribution in [0.5, 0.6) is 0 Å². The molecule has 0 amide bonds. The number of carbonyl (C=O) groups excluding carboxylic acids is 1. The molecule has 8 heteroatoms.